The van der Waals surface area contributed by atoms with Crippen LogP contribution in [0.15, 0.2) is 24.3 Å². The number of halogens is 1. The Labute approximate surface area is 84.9 Å². The van der Waals surface area contributed by atoms with Gasteiger partial charge in [0.1, 0.15) is 19.0 Å². The summed E-state index contributed by atoms with van der Waals surface area (Å²) in [4.78, 5) is 0. The summed E-state index contributed by atoms with van der Waals surface area (Å²) in [5.74, 6) is 1.40. The molecule has 0 aromatic heterocycles. The van der Waals surface area contributed by atoms with Crippen molar-refractivity contribution in [2.45, 2.75) is 20.3 Å². The normalized spacial score (nSPS) is 10.6. The monoisotopic (exact) mass is 196 g/mol. The molecule has 0 unspecified atom stereocenters. The van der Waals surface area contributed by atoms with Crippen LogP contribution in [-0.4, -0.2) is 13.3 Å². The topological polar surface area (TPSA) is 9.23 Å². The van der Waals surface area contributed by atoms with Crippen LogP contribution in [-0.2, 0) is 6.42 Å². The Hall–Kier alpha value is -1.05. The maximum absolute atomic E-state index is 11.9. The van der Waals surface area contributed by atoms with Crippen LogP contribution in [0.4, 0.5) is 4.39 Å². The van der Waals surface area contributed by atoms with Crippen LogP contribution < -0.4 is 4.74 Å². The van der Waals surface area contributed by atoms with Gasteiger partial charge >= 0.3 is 0 Å². The molecule has 1 nitrogen and oxygen atoms in total. The van der Waals surface area contributed by atoms with Gasteiger partial charge in [0.05, 0.1) is 0 Å². The Bertz CT molecular complexity index is 271. The molecule has 1 aromatic rings. The van der Waals surface area contributed by atoms with Gasteiger partial charge in [-0.15, -0.1) is 0 Å². The zero-order valence-electron chi connectivity index (χ0n) is 8.79. The van der Waals surface area contributed by atoms with Crippen molar-refractivity contribution in [2.75, 3.05) is 13.3 Å². The highest BCUT2D eigenvalue weighted by atomic mass is 19.1. The van der Waals surface area contributed by atoms with Crippen LogP contribution in [0.25, 0.3) is 0 Å². The molecule has 0 fully saturated rings. The Morgan fingerprint density at radius 2 is 2.14 bits per heavy atom. The van der Waals surface area contributed by atoms with Gasteiger partial charge in [0.15, 0.2) is 0 Å². The highest BCUT2D eigenvalue weighted by molar-refractivity contribution is 5.28. The third-order valence-corrected chi connectivity index (χ3v) is 1.89. The summed E-state index contributed by atoms with van der Waals surface area (Å²) in [5.41, 5.74) is 1.25. The Morgan fingerprint density at radius 3 is 2.79 bits per heavy atom. The second-order valence-corrected chi connectivity index (χ2v) is 3.78. The van der Waals surface area contributed by atoms with Crippen LogP contribution >= 0.6 is 0 Å². The van der Waals surface area contributed by atoms with Crippen LogP contribution in [0.1, 0.15) is 19.4 Å². The molecular weight excluding hydrogens is 179 g/mol. The average Bonchev–Trinajstić information content (AvgIpc) is 2.14. The summed E-state index contributed by atoms with van der Waals surface area (Å²) >= 11 is 0. The van der Waals surface area contributed by atoms with Gasteiger partial charge < -0.3 is 4.74 Å². The maximum Gasteiger partial charge on any atom is 0.123 e. The molecule has 1 aromatic carbocycles. The molecule has 0 bridgehead atoms. The van der Waals surface area contributed by atoms with Crippen LogP contribution in [0.5, 0.6) is 5.75 Å². The zero-order valence-corrected chi connectivity index (χ0v) is 8.79. The van der Waals surface area contributed by atoms with Crippen molar-refractivity contribution in [1.82, 2.24) is 0 Å². The first-order chi connectivity index (χ1) is 6.72. The zero-order chi connectivity index (χ0) is 10.4. The summed E-state index contributed by atoms with van der Waals surface area (Å²) in [5, 5.41) is 0. The summed E-state index contributed by atoms with van der Waals surface area (Å²) in [6.07, 6.45) is 1.03. The van der Waals surface area contributed by atoms with Crippen molar-refractivity contribution in [3.63, 3.8) is 0 Å². The fourth-order valence-corrected chi connectivity index (χ4v) is 1.39. The van der Waals surface area contributed by atoms with Gasteiger partial charge in [-0.3, -0.25) is 0 Å². The molecular formula is C12H17FO. The van der Waals surface area contributed by atoms with Crippen LogP contribution in [0.3, 0.4) is 0 Å². The minimum Gasteiger partial charge on any atom is -0.491 e. The van der Waals surface area contributed by atoms with E-state index >= 15 is 0 Å². The molecule has 0 N–H and O–H groups in total. The van der Waals surface area contributed by atoms with E-state index in [1.165, 1.54) is 5.56 Å². The van der Waals surface area contributed by atoms with Gasteiger partial charge in [-0.25, -0.2) is 4.39 Å². The Balaban J connectivity index is 2.59. The third kappa shape index (κ3) is 3.77. The van der Waals surface area contributed by atoms with E-state index in [0.29, 0.717) is 5.92 Å². The van der Waals surface area contributed by atoms with E-state index in [2.05, 4.69) is 19.9 Å². The summed E-state index contributed by atoms with van der Waals surface area (Å²) in [7, 11) is 0. The molecule has 0 aliphatic rings. The number of benzene rings is 1. The predicted molar refractivity (Wildman–Crippen MR) is 56.5 cm³/mol. The number of hydrogen-bond donors (Lipinski definition) is 0. The lowest BCUT2D eigenvalue weighted by Crippen LogP contribution is -2.00. The fourth-order valence-electron chi connectivity index (χ4n) is 1.39. The van der Waals surface area contributed by atoms with Crippen molar-refractivity contribution < 1.29 is 9.13 Å². The summed E-state index contributed by atoms with van der Waals surface area (Å²) < 4.78 is 17.1. The minimum atomic E-state index is -0.436. The van der Waals surface area contributed by atoms with E-state index in [1.807, 2.05) is 18.2 Å². The molecule has 0 amide bonds. The standard InChI is InChI=1S/C12H17FO/c1-10(2)8-11-4-3-5-12(9-11)14-7-6-13/h3-5,9-10H,6-8H2,1-2H3. The molecule has 78 valence electrons. The van der Waals surface area contributed by atoms with Gasteiger partial charge in [0.2, 0.25) is 0 Å². The highest BCUT2D eigenvalue weighted by Gasteiger charge is 1.99. The summed E-state index contributed by atoms with van der Waals surface area (Å²) in [6, 6.07) is 7.86. The van der Waals surface area contributed by atoms with Crippen molar-refractivity contribution in [3.8, 4) is 5.75 Å². The molecule has 0 atom stereocenters. The number of ether oxygens (including phenoxy) is 1. The quantitative estimate of drug-likeness (QED) is 0.702. The lowest BCUT2D eigenvalue weighted by atomic mass is 10.0. The lowest BCUT2D eigenvalue weighted by molar-refractivity contribution is 0.273. The van der Waals surface area contributed by atoms with Gasteiger partial charge in [-0.05, 0) is 30.0 Å². The molecule has 0 saturated carbocycles. The van der Waals surface area contributed by atoms with Crippen molar-refractivity contribution in [2.24, 2.45) is 5.92 Å². The van der Waals surface area contributed by atoms with E-state index in [4.69, 9.17) is 4.74 Å². The minimum absolute atomic E-state index is 0.144. The molecule has 0 saturated heterocycles. The Kier molecular flexibility index (Phi) is 4.44. The molecule has 0 aliphatic carbocycles. The van der Waals surface area contributed by atoms with Crippen molar-refractivity contribution in [3.05, 3.63) is 29.8 Å². The number of hydrogen-bond acceptors (Lipinski definition) is 1. The molecule has 2 heteroatoms. The first-order valence-corrected chi connectivity index (χ1v) is 5.00. The highest BCUT2D eigenvalue weighted by Crippen LogP contribution is 2.16. The predicted octanol–water partition coefficient (Wildman–Crippen LogP) is 3.23. The second kappa shape index (κ2) is 5.63. The van der Waals surface area contributed by atoms with Crippen LogP contribution in [0, 0.1) is 5.92 Å². The molecule has 1 rings (SSSR count). The Morgan fingerprint density at radius 1 is 1.36 bits per heavy atom. The van der Waals surface area contributed by atoms with E-state index < -0.39 is 6.67 Å². The van der Waals surface area contributed by atoms with Gasteiger partial charge in [0, 0.05) is 0 Å². The van der Waals surface area contributed by atoms with E-state index in [0.717, 1.165) is 12.2 Å². The average molecular weight is 196 g/mol. The molecule has 0 aliphatic heterocycles. The maximum atomic E-state index is 11.9. The number of alkyl halides is 1. The van der Waals surface area contributed by atoms with Gasteiger partial charge in [-0.1, -0.05) is 26.0 Å². The first-order valence-electron chi connectivity index (χ1n) is 5.00. The lowest BCUT2D eigenvalue weighted by Gasteiger charge is -2.08. The summed E-state index contributed by atoms with van der Waals surface area (Å²) in [6.45, 7) is 4.06. The SMILES string of the molecule is CC(C)Cc1cccc(OCCF)c1. The largest absolute Gasteiger partial charge is 0.491 e. The molecule has 0 radical (unpaired) electrons. The van der Waals surface area contributed by atoms with Crippen molar-refractivity contribution in [1.29, 1.82) is 0 Å². The van der Waals surface area contributed by atoms with E-state index in [1.54, 1.807) is 0 Å². The van der Waals surface area contributed by atoms with E-state index in [-0.39, 0.29) is 6.61 Å². The van der Waals surface area contributed by atoms with Gasteiger partial charge in [0.25, 0.3) is 0 Å². The van der Waals surface area contributed by atoms with E-state index in [9.17, 15) is 4.39 Å². The van der Waals surface area contributed by atoms with Gasteiger partial charge in [-0.2, -0.15) is 0 Å². The van der Waals surface area contributed by atoms with Crippen molar-refractivity contribution >= 4 is 0 Å². The first kappa shape index (κ1) is 11.0. The number of rotatable bonds is 5. The molecule has 14 heavy (non-hydrogen) atoms. The molecule has 0 spiro atoms. The second-order valence-electron chi connectivity index (χ2n) is 3.78. The fraction of sp³-hybridized carbons (Fsp3) is 0.500. The van der Waals surface area contributed by atoms with Crippen LogP contribution in [0.2, 0.25) is 0 Å². The third-order valence-electron chi connectivity index (χ3n) is 1.89. The smallest absolute Gasteiger partial charge is 0.123 e. The molecule has 0 heterocycles.